The summed E-state index contributed by atoms with van der Waals surface area (Å²) < 4.78 is 0. The van der Waals surface area contributed by atoms with Gasteiger partial charge in [0.05, 0.1) is 11.8 Å². The van der Waals surface area contributed by atoms with Crippen LogP contribution in [0.15, 0.2) is 12.1 Å². The average molecular weight is 336 g/mol. The minimum absolute atomic E-state index is 0.333. The molecule has 3 atom stereocenters. The van der Waals surface area contributed by atoms with Crippen molar-refractivity contribution in [1.82, 2.24) is 4.98 Å². The van der Waals surface area contributed by atoms with Gasteiger partial charge in [-0.15, -0.1) is 0 Å². The molecule has 0 spiro atoms. The van der Waals surface area contributed by atoms with Gasteiger partial charge in [-0.25, -0.2) is 14.6 Å². The Labute approximate surface area is 138 Å². The summed E-state index contributed by atoms with van der Waals surface area (Å²) in [5, 5.41) is 28.5. The fourth-order valence-corrected chi connectivity index (χ4v) is 3.45. The average Bonchev–Trinajstić information content (AvgIpc) is 3.14. The van der Waals surface area contributed by atoms with Gasteiger partial charge in [0, 0.05) is 13.1 Å². The summed E-state index contributed by atoms with van der Waals surface area (Å²) in [7, 11) is 0. The van der Waals surface area contributed by atoms with Gasteiger partial charge in [-0.05, 0) is 31.4 Å². The molecule has 1 aromatic heterocycles. The van der Waals surface area contributed by atoms with Crippen LogP contribution in [0.25, 0.3) is 0 Å². The lowest BCUT2D eigenvalue weighted by molar-refractivity contribution is -0.140. The fraction of sp³-hybridized carbons (Fsp3) is 0.533. The molecule has 0 amide bonds. The second kappa shape index (κ2) is 6.16. The standard InChI is InChI=1S/C15H20N4O5/c16-8-3-4-11(19-7-5-10(20)12(19)15(23)24)17-13(8)18-6-1-2-9(18)14(21)22/h3-4,9-10,12,20H,1-2,5-7,16H2,(H,21,22)(H,23,24). The number of aromatic nitrogens is 1. The van der Waals surface area contributed by atoms with Crippen LogP contribution in [-0.2, 0) is 9.59 Å². The summed E-state index contributed by atoms with van der Waals surface area (Å²) in [6.07, 6.45) is 0.604. The molecule has 9 nitrogen and oxygen atoms in total. The molecule has 3 rings (SSSR count). The molecule has 3 heterocycles. The van der Waals surface area contributed by atoms with Crippen LogP contribution in [0, 0.1) is 0 Å². The van der Waals surface area contributed by atoms with E-state index in [1.807, 2.05) is 0 Å². The molecule has 5 N–H and O–H groups in total. The Morgan fingerprint density at radius 3 is 2.54 bits per heavy atom. The van der Waals surface area contributed by atoms with Crippen LogP contribution in [0.2, 0.25) is 0 Å². The van der Waals surface area contributed by atoms with E-state index in [1.54, 1.807) is 17.0 Å². The number of carboxylic acids is 2. The Balaban J connectivity index is 1.95. The largest absolute Gasteiger partial charge is 0.480 e. The molecule has 130 valence electrons. The topological polar surface area (TPSA) is 140 Å². The Hall–Kier alpha value is -2.55. The Morgan fingerprint density at radius 1 is 1.12 bits per heavy atom. The summed E-state index contributed by atoms with van der Waals surface area (Å²) in [5.74, 6) is -1.33. The van der Waals surface area contributed by atoms with Crippen molar-refractivity contribution in [3.8, 4) is 0 Å². The minimum atomic E-state index is -1.12. The van der Waals surface area contributed by atoms with E-state index in [1.165, 1.54) is 4.90 Å². The fourth-order valence-electron chi connectivity index (χ4n) is 3.45. The second-order valence-electron chi connectivity index (χ2n) is 6.10. The number of nitrogens with two attached hydrogens (primary N) is 1. The van der Waals surface area contributed by atoms with Gasteiger partial charge in [0.25, 0.3) is 0 Å². The van der Waals surface area contributed by atoms with Crippen molar-refractivity contribution < 1.29 is 24.9 Å². The van der Waals surface area contributed by atoms with Crippen molar-refractivity contribution in [3.05, 3.63) is 12.1 Å². The van der Waals surface area contributed by atoms with Gasteiger partial charge in [0.15, 0.2) is 11.9 Å². The maximum Gasteiger partial charge on any atom is 0.329 e. The van der Waals surface area contributed by atoms with Crippen molar-refractivity contribution in [2.75, 3.05) is 28.6 Å². The van der Waals surface area contributed by atoms with Gasteiger partial charge in [-0.3, -0.25) is 0 Å². The third-order valence-electron chi connectivity index (χ3n) is 4.61. The quantitative estimate of drug-likeness (QED) is 0.585. The predicted molar refractivity (Wildman–Crippen MR) is 86.0 cm³/mol. The van der Waals surface area contributed by atoms with Crippen LogP contribution in [-0.4, -0.2) is 63.5 Å². The lowest BCUT2D eigenvalue weighted by Gasteiger charge is -2.28. The highest BCUT2D eigenvalue weighted by Gasteiger charge is 2.40. The lowest BCUT2D eigenvalue weighted by Crippen LogP contribution is -2.42. The third-order valence-corrected chi connectivity index (χ3v) is 4.61. The highest BCUT2D eigenvalue weighted by atomic mass is 16.4. The predicted octanol–water partition coefficient (Wildman–Crippen LogP) is -0.259. The number of nitrogens with zero attached hydrogens (tertiary/aromatic N) is 3. The Bertz CT molecular complexity index is 667. The number of aliphatic hydroxyl groups excluding tert-OH is 1. The van der Waals surface area contributed by atoms with E-state index in [0.29, 0.717) is 43.3 Å². The molecule has 2 fully saturated rings. The first-order valence-electron chi connectivity index (χ1n) is 7.83. The molecule has 0 aromatic carbocycles. The normalized spacial score (nSPS) is 26.8. The van der Waals surface area contributed by atoms with Crippen molar-refractivity contribution in [2.45, 2.75) is 37.5 Å². The van der Waals surface area contributed by atoms with E-state index in [4.69, 9.17) is 5.73 Å². The number of aliphatic hydroxyl groups is 1. The van der Waals surface area contributed by atoms with E-state index in [9.17, 15) is 24.9 Å². The number of aliphatic carboxylic acids is 2. The number of pyridine rings is 1. The number of hydrogen-bond acceptors (Lipinski definition) is 7. The minimum Gasteiger partial charge on any atom is -0.480 e. The second-order valence-corrected chi connectivity index (χ2v) is 6.10. The van der Waals surface area contributed by atoms with Gasteiger partial charge in [0.1, 0.15) is 11.9 Å². The van der Waals surface area contributed by atoms with Crippen LogP contribution in [0.3, 0.4) is 0 Å². The maximum absolute atomic E-state index is 11.4. The molecule has 1 aromatic rings. The number of carbonyl (C=O) groups is 2. The zero-order valence-electron chi connectivity index (χ0n) is 13.0. The van der Waals surface area contributed by atoms with E-state index in [2.05, 4.69) is 4.98 Å². The molecule has 0 aliphatic carbocycles. The molecule has 0 bridgehead atoms. The lowest BCUT2D eigenvalue weighted by atomic mass is 10.2. The van der Waals surface area contributed by atoms with Crippen LogP contribution in [0.4, 0.5) is 17.3 Å². The van der Waals surface area contributed by atoms with Crippen LogP contribution < -0.4 is 15.5 Å². The van der Waals surface area contributed by atoms with Crippen molar-refractivity contribution >= 4 is 29.3 Å². The summed E-state index contributed by atoms with van der Waals surface area (Å²) in [6, 6.07) is 1.44. The van der Waals surface area contributed by atoms with Gasteiger partial charge in [0.2, 0.25) is 0 Å². The Kier molecular flexibility index (Phi) is 4.18. The number of hydrogen-bond donors (Lipinski definition) is 4. The number of anilines is 3. The van der Waals surface area contributed by atoms with Crippen molar-refractivity contribution in [3.63, 3.8) is 0 Å². The monoisotopic (exact) mass is 336 g/mol. The molecule has 24 heavy (non-hydrogen) atoms. The third kappa shape index (κ3) is 2.71. The first kappa shape index (κ1) is 16.3. The Morgan fingerprint density at radius 2 is 1.88 bits per heavy atom. The SMILES string of the molecule is Nc1ccc(N2CCC(O)C2C(=O)O)nc1N1CCCC1C(=O)O. The van der Waals surface area contributed by atoms with Crippen LogP contribution in [0.5, 0.6) is 0 Å². The number of carboxylic acid groups (broad SMARTS) is 2. The molecule has 0 saturated carbocycles. The van der Waals surface area contributed by atoms with E-state index in [0.717, 1.165) is 6.42 Å². The summed E-state index contributed by atoms with van der Waals surface area (Å²) in [4.78, 5) is 30.4. The van der Waals surface area contributed by atoms with Crippen molar-refractivity contribution in [2.24, 2.45) is 0 Å². The highest BCUT2D eigenvalue weighted by Crippen LogP contribution is 2.33. The van der Waals surface area contributed by atoms with Gasteiger partial charge in [-0.1, -0.05) is 0 Å². The molecule has 2 aliphatic rings. The van der Waals surface area contributed by atoms with Gasteiger partial charge in [-0.2, -0.15) is 0 Å². The number of rotatable bonds is 4. The van der Waals surface area contributed by atoms with E-state index in [-0.39, 0.29) is 0 Å². The number of nitrogen functional groups attached to an aromatic ring is 1. The first-order chi connectivity index (χ1) is 11.4. The van der Waals surface area contributed by atoms with E-state index < -0.39 is 30.1 Å². The molecule has 9 heteroatoms. The summed E-state index contributed by atoms with van der Waals surface area (Å²) in [6.45, 7) is 0.888. The molecule has 0 radical (unpaired) electrons. The molecular weight excluding hydrogens is 316 g/mol. The van der Waals surface area contributed by atoms with Crippen LogP contribution in [0.1, 0.15) is 19.3 Å². The summed E-state index contributed by atoms with van der Waals surface area (Å²) in [5.41, 5.74) is 6.32. The van der Waals surface area contributed by atoms with E-state index >= 15 is 0 Å². The van der Waals surface area contributed by atoms with Crippen LogP contribution >= 0.6 is 0 Å². The molecular formula is C15H20N4O5. The zero-order valence-corrected chi connectivity index (χ0v) is 13.0. The smallest absolute Gasteiger partial charge is 0.329 e. The summed E-state index contributed by atoms with van der Waals surface area (Å²) >= 11 is 0. The molecule has 2 saturated heterocycles. The molecule has 2 aliphatic heterocycles. The highest BCUT2D eigenvalue weighted by molar-refractivity contribution is 5.82. The zero-order chi connectivity index (χ0) is 17.4. The van der Waals surface area contributed by atoms with Gasteiger partial charge >= 0.3 is 11.9 Å². The maximum atomic E-state index is 11.4. The first-order valence-corrected chi connectivity index (χ1v) is 7.83. The van der Waals surface area contributed by atoms with Gasteiger partial charge < -0.3 is 30.9 Å². The molecule has 3 unspecified atom stereocenters. The van der Waals surface area contributed by atoms with Crippen molar-refractivity contribution in [1.29, 1.82) is 0 Å².